The van der Waals surface area contributed by atoms with E-state index in [9.17, 15) is 17.6 Å². The van der Waals surface area contributed by atoms with Gasteiger partial charge < -0.3 is 0 Å². The molecule has 0 fully saturated rings. The fourth-order valence-corrected chi connectivity index (χ4v) is 3.53. The summed E-state index contributed by atoms with van der Waals surface area (Å²) in [5, 5.41) is 8.83. The fourth-order valence-electron chi connectivity index (χ4n) is 3.53. The fraction of sp³-hybridized carbons (Fsp3) is 0.0833. The van der Waals surface area contributed by atoms with Crippen molar-refractivity contribution in [2.45, 2.75) is 13.8 Å². The van der Waals surface area contributed by atoms with E-state index >= 15 is 0 Å². The Bertz CT molecular complexity index is 1430. The molecule has 0 N–H and O–H groups in total. The summed E-state index contributed by atoms with van der Waals surface area (Å²) in [5.41, 5.74) is 1.66. The van der Waals surface area contributed by atoms with Gasteiger partial charge in [-0.25, -0.2) is 29.5 Å². The number of benzene rings is 2. The molecule has 178 valence electrons. The first-order chi connectivity index (χ1) is 16.3. The summed E-state index contributed by atoms with van der Waals surface area (Å²) in [6, 6.07) is 11.9. The molecule has 11 heteroatoms. The van der Waals surface area contributed by atoms with Crippen LogP contribution in [0.15, 0.2) is 48.8 Å². The van der Waals surface area contributed by atoms with Crippen molar-refractivity contribution in [1.82, 2.24) is 29.5 Å². The minimum Gasteiger partial charge on any atom is -0.265 e. The molecule has 0 atom stereocenters. The topological polar surface area (TPSA) is 61.4 Å². The van der Waals surface area contributed by atoms with Gasteiger partial charge in [-0.1, -0.05) is 35.4 Å². The van der Waals surface area contributed by atoms with Gasteiger partial charge in [-0.05, 0) is 13.8 Å². The van der Waals surface area contributed by atoms with Crippen molar-refractivity contribution in [2.24, 2.45) is 0 Å². The zero-order valence-electron chi connectivity index (χ0n) is 18.1. The first-order valence-corrected chi connectivity index (χ1v) is 10.0. The monoisotopic (exact) mass is 657 g/mol. The van der Waals surface area contributed by atoms with Crippen LogP contribution in [0.5, 0.6) is 0 Å². The molecule has 3 heterocycles. The minimum absolute atomic E-state index is 0. The molecule has 2 aromatic carbocycles. The van der Waals surface area contributed by atoms with Crippen LogP contribution in [-0.4, -0.2) is 29.5 Å². The molecule has 0 radical (unpaired) electrons. The van der Waals surface area contributed by atoms with Gasteiger partial charge in [-0.2, -0.15) is 0 Å². The third-order valence-corrected chi connectivity index (χ3v) is 5.06. The Morgan fingerprint density at radius 3 is 1.43 bits per heavy atom. The second-order valence-corrected chi connectivity index (χ2v) is 7.45. The summed E-state index contributed by atoms with van der Waals surface area (Å²) in [5.74, 6) is -2.53. The second-order valence-electron chi connectivity index (χ2n) is 7.45. The molecule has 5 aromatic rings. The van der Waals surface area contributed by atoms with Gasteiger partial charge in [0.15, 0.2) is 11.6 Å². The number of halogens is 4. The molecule has 0 aliphatic heterocycles. The smallest absolute Gasteiger partial charge is 0.265 e. The average Bonchev–Trinajstić information content (AvgIpc) is 3.36. The van der Waals surface area contributed by atoms with Crippen LogP contribution >= 0.6 is 0 Å². The van der Waals surface area contributed by atoms with Gasteiger partial charge in [0.05, 0.1) is 0 Å². The van der Waals surface area contributed by atoms with Crippen LogP contribution in [0.4, 0.5) is 17.6 Å². The maximum Gasteiger partial charge on any atom is 2.00 e. The Hall–Kier alpha value is -3.65. The van der Waals surface area contributed by atoms with Crippen LogP contribution in [0.1, 0.15) is 11.4 Å². The SMILES string of the molecule is Cc1cc(-c2[c-]cc(F)cc2F)nn1-c1nccnc1-n1nc(-c2[c-]cc(F)cc2F)cc1C.[Pt+2]. The molecule has 0 aliphatic rings. The zero-order chi connectivity index (χ0) is 24.0. The molecule has 6 nitrogen and oxygen atoms in total. The van der Waals surface area contributed by atoms with E-state index in [2.05, 4.69) is 32.3 Å². The summed E-state index contributed by atoms with van der Waals surface area (Å²) >= 11 is 0. The molecule has 0 bridgehead atoms. The first-order valence-electron chi connectivity index (χ1n) is 10.0. The largest absolute Gasteiger partial charge is 2.00 e. The number of nitrogens with zero attached hydrogens (tertiary/aromatic N) is 6. The number of hydrogen-bond donors (Lipinski definition) is 0. The van der Waals surface area contributed by atoms with E-state index in [0.29, 0.717) is 11.4 Å². The summed E-state index contributed by atoms with van der Waals surface area (Å²) in [4.78, 5) is 8.73. The molecule has 0 amide bonds. The van der Waals surface area contributed by atoms with Crippen molar-refractivity contribution in [1.29, 1.82) is 0 Å². The first kappa shape index (κ1) is 24.5. The van der Waals surface area contributed by atoms with Crippen molar-refractivity contribution in [3.8, 4) is 34.2 Å². The molecule has 5 rings (SSSR count). The normalized spacial score (nSPS) is 10.9. The second kappa shape index (κ2) is 9.54. The Morgan fingerprint density at radius 2 is 1.06 bits per heavy atom. The maximum atomic E-state index is 14.3. The van der Waals surface area contributed by atoms with Gasteiger partial charge >= 0.3 is 21.1 Å². The molecule has 0 spiro atoms. The van der Waals surface area contributed by atoms with E-state index < -0.39 is 23.3 Å². The van der Waals surface area contributed by atoms with E-state index in [4.69, 9.17) is 0 Å². The predicted octanol–water partition coefficient (Wildman–Crippen LogP) is 4.95. The maximum absolute atomic E-state index is 14.3. The van der Waals surface area contributed by atoms with Gasteiger partial charge in [-0.3, -0.25) is 17.6 Å². The van der Waals surface area contributed by atoms with E-state index in [-0.39, 0.29) is 55.2 Å². The molecule has 3 aromatic heterocycles. The average molecular weight is 657 g/mol. The molecule has 0 saturated heterocycles. The summed E-state index contributed by atoms with van der Waals surface area (Å²) in [6.45, 7) is 3.47. The third-order valence-electron chi connectivity index (χ3n) is 5.06. The number of aromatic nitrogens is 6. The molecule has 0 unspecified atom stereocenters. The quantitative estimate of drug-likeness (QED) is 0.203. The molecular formula is C24H14F4N6Pt. The van der Waals surface area contributed by atoms with Crippen LogP contribution in [0.25, 0.3) is 34.2 Å². The Labute approximate surface area is 211 Å². The van der Waals surface area contributed by atoms with Gasteiger partial charge in [0.1, 0.15) is 0 Å². The Morgan fingerprint density at radius 1 is 0.657 bits per heavy atom. The minimum atomic E-state index is -0.797. The van der Waals surface area contributed by atoms with Crippen molar-refractivity contribution in [3.05, 3.63) is 95.6 Å². The van der Waals surface area contributed by atoms with Crippen LogP contribution in [0.3, 0.4) is 0 Å². The van der Waals surface area contributed by atoms with Crippen LogP contribution < -0.4 is 0 Å². The predicted molar refractivity (Wildman–Crippen MR) is 114 cm³/mol. The van der Waals surface area contributed by atoms with Crippen LogP contribution in [-0.2, 0) is 21.1 Å². The summed E-state index contributed by atoms with van der Waals surface area (Å²) in [6.07, 6.45) is 2.91. The van der Waals surface area contributed by atoms with E-state index in [1.54, 1.807) is 26.0 Å². The van der Waals surface area contributed by atoms with E-state index in [1.165, 1.54) is 21.8 Å². The number of aryl methyl sites for hydroxylation is 2. The van der Waals surface area contributed by atoms with Gasteiger partial charge in [0, 0.05) is 58.4 Å². The molecule has 0 saturated carbocycles. The van der Waals surface area contributed by atoms with Crippen molar-refractivity contribution in [3.63, 3.8) is 0 Å². The van der Waals surface area contributed by atoms with E-state index in [0.717, 1.165) is 24.3 Å². The van der Waals surface area contributed by atoms with Gasteiger partial charge in [-0.15, -0.1) is 24.3 Å². The Balaban J connectivity index is 0.00000289. The summed E-state index contributed by atoms with van der Waals surface area (Å²) < 4.78 is 58.0. The standard InChI is InChI=1S/C24H14F4N6.Pt/c1-13-9-21(17-5-3-15(25)11-19(17)27)31-33(13)23-24(30-8-7-29-23)34-14(2)10-22(32-34)18-6-4-16(26)12-20(18)28;/h3-4,7-12H,1-2H3;/q-2;+2. The van der Waals surface area contributed by atoms with Crippen molar-refractivity contribution < 1.29 is 38.6 Å². The third kappa shape index (κ3) is 4.53. The van der Waals surface area contributed by atoms with E-state index in [1.807, 2.05) is 0 Å². The van der Waals surface area contributed by atoms with Crippen molar-refractivity contribution >= 4 is 0 Å². The summed E-state index contributed by atoms with van der Waals surface area (Å²) in [7, 11) is 0. The van der Waals surface area contributed by atoms with Gasteiger partial charge in [0.2, 0.25) is 0 Å². The van der Waals surface area contributed by atoms with Gasteiger partial charge in [0.25, 0.3) is 0 Å². The molecule has 0 aliphatic carbocycles. The Kier molecular flexibility index (Phi) is 6.67. The van der Waals surface area contributed by atoms with Crippen LogP contribution in [0.2, 0.25) is 0 Å². The number of hydrogen-bond acceptors (Lipinski definition) is 4. The molecular weight excluding hydrogens is 643 g/mol. The number of rotatable bonds is 4. The van der Waals surface area contributed by atoms with Crippen LogP contribution in [0, 0.1) is 49.2 Å². The van der Waals surface area contributed by atoms with Crippen molar-refractivity contribution in [2.75, 3.05) is 0 Å². The zero-order valence-corrected chi connectivity index (χ0v) is 20.4. The molecule has 35 heavy (non-hydrogen) atoms.